The van der Waals surface area contributed by atoms with Gasteiger partial charge in [0.25, 0.3) is 5.91 Å². The molecule has 1 aromatic carbocycles. The molecule has 1 saturated heterocycles. The standard InChI is InChI=1S/C21H23N5O2.HI/c1-22-21(24-15-17-6-2-5-16-7-3-9-23-19(16)17)26-12-10-25(11-13-26)20(27)18-8-4-14-28-18;/h2-9,14H,10-13,15H2,1H3,(H,22,24);1H. The summed E-state index contributed by atoms with van der Waals surface area (Å²) in [6.07, 6.45) is 3.34. The number of rotatable bonds is 3. The molecule has 2 aromatic heterocycles. The Labute approximate surface area is 186 Å². The minimum absolute atomic E-state index is 0. The first kappa shape index (κ1) is 21.1. The summed E-state index contributed by atoms with van der Waals surface area (Å²) in [5.74, 6) is 1.16. The average molecular weight is 505 g/mol. The Hall–Kier alpha value is -2.62. The monoisotopic (exact) mass is 505 g/mol. The fourth-order valence-corrected chi connectivity index (χ4v) is 3.49. The van der Waals surface area contributed by atoms with Gasteiger partial charge in [0.05, 0.1) is 11.8 Å². The molecule has 1 aliphatic rings. The van der Waals surface area contributed by atoms with Crippen LogP contribution in [-0.4, -0.2) is 59.9 Å². The smallest absolute Gasteiger partial charge is 0.289 e. The van der Waals surface area contributed by atoms with Crippen LogP contribution in [0.3, 0.4) is 0 Å². The number of aromatic nitrogens is 1. The summed E-state index contributed by atoms with van der Waals surface area (Å²) in [5, 5.41) is 4.56. The normalized spacial score (nSPS) is 14.6. The molecule has 4 rings (SSSR count). The molecule has 3 aromatic rings. The largest absolute Gasteiger partial charge is 0.459 e. The highest BCUT2D eigenvalue weighted by molar-refractivity contribution is 14.0. The van der Waals surface area contributed by atoms with E-state index >= 15 is 0 Å². The van der Waals surface area contributed by atoms with E-state index < -0.39 is 0 Å². The Morgan fingerprint density at radius 1 is 1.10 bits per heavy atom. The molecule has 0 unspecified atom stereocenters. The Morgan fingerprint density at radius 3 is 2.59 bits per heavy atom. The third-order valence-electron chi connectivity index (χ3n) is 4.96. The number of hydrogen-bond donors (Lipinski definition) is 1. The lowest BCUT2D eigenvalue weighted by Crippen LogP contribution is -2.53. The molecule has 8 heteroatoms. The molecule has 0 atom stereocenters. The van der Waals surface area contributed by atoms with Crippen molar-refractivity contribution in [2.75, 3.05) is 33.2 Å². The minimum Gasteiger partial charge on any atom is -0.459 e. The van der Waals surface area contributed by atoms with E-state index in [1.54, 1.807) is 19.2 Å². The third kappa shape index (κ3) is 4.69. The number of nitrogens with zero attached hydrogens (tertiary/aromatic N) is 4. The molecule has 1 amide bonds. The van der Waals surface area contributed by atoms with Crippen molar-refractivity contribution >= 4 is 46.7 Å². The predicted molar refractivity (Wildman–Crippen MR) is 124 cm³/mol. The van der Waals surface area contributed by atoms with Crippen LogP contribution in [-0.2, 0) is 6.54 Å². The van der Waals surface area contributed by atoms with Gasteiger partial charge >= 0.3 is 0 Å². The van der Waals surface area contributed by atoms with Gasteiger partial charge in [-0.05, 0) is 23.8 Å². The van der Waals surface area contributed by atoms with Crippen LogP contribution >= 0.6 is 24.0 Å². The lowest BCUT2D eigenvalue weighted by atomic mass is 10.1. The molecule has 0 bridgehead atoms. The lowest BCUT2D eigenvalue weighted by molar-refractivity contribution is 0.0657. The first-order chi connectivity index (χ1) is 13.8. The van der Waals surface area contributed by atoms with Gasteiger partial charge in [-0.2, -0.15) is 0 Å². The number of amides is 1. The minimum atomic E-state index is -0.0607. The average Bonchev–Trinajstić information content (AvgIpc) is 3.29. The van der Waals surface area contributed by atoms with Crippen LogP contribution < -0.4 is 5.32 Å². The highest BCUT2D eigenvalue weighted by Gasteiger charge is 2.25. The molecule has 152 valence electrons. The number of hydrogen-bond acceptors (Lipinski definition) is 4. The predicted octanol–water partition coefficient (Wildman–Crippen LogP) is 2.98. The van der Waals surface area contributed by atoms with Crippen molar-refractivity contribution in [2.45, 2.75) is 6.54 Å². The van der Waals surface area contributed by atoms with Crippen molar-refractivity contribution in [3.63, 3.8) is 0 Å². The summed E-state index contributed by atoms with van der Waals surface area (Å²) in [6.45, 7) is 3.36. The van der Waals surface area contributed by atoms with E-state index in [-0.39, 0.29) is 29.9 Å². The lowest BCUT2D eigenvalue weighted by Gasteiger charge is -2.36. The maximum atomic E-state index is 12.4. The molecular weight excluding hydrogens is 481 g/mol. The van der Waals surface area contributed by atoms with E-state index in [0.717, 1.165) is 35.5 Å². The first-order valence-electron chi connectivity index (χ1n) is 9.37. The zero-order valence-electron chi connectivity index (χ0n) is 16.2. The van der Waals surface area contributed by atoms with Crippen LogP contribution in [0.5, 0.6) is 0 Å². The molecule has 0 spiro atoms. The molecule has 0 saturated carbocycles. The van der Waals surface area contributed by atoms with E-state index in [2.05, 4.69) is 38.4 Å². The van der Waals surface area contributed by atoms with Gasteiger partial charge < -0.3 is 19.5 Å². The van der Waals surface area contributed by atoms with Crippen LogP contribution in [0, 0.1) is 0 Å². The van der Waals surface area contributed by atoms with Crippen LogP contribution in [0.4, 0.5) is 0 Å². The van der Waals surface area contributed by atoms with Crippen molar-refractivity contribution in [3.05, 3.63) is 66.2 Å². The second-order valence-electron chi connectivity index (χ2n) is 6.65. The number of guanidine groups is 1. The quantitative estimate of drug-likeness (QED) is 0.337. The van der Waals surface area contributed by atoms with Crippen molar-refractivity contribution in [2.24, 2.45) is 4.99 Å². The van der Waals surface area contributed by atoms with Crippen molar-refractivity contribution in [1.82, 2.24) is 20.1 Å². The molecule has 1 N–H and O–H groups in total. The number of halogens is 1. The number of fused-ring (bicyclic) bond motifs is 1. The Kier molecular flexibility index (Phi) is 7.08. The van der Waals surface area contributed by atoms with Gasteiger partial charge in [-0.15, -0.1) is 24.0 Å². The Bertz CT molecular complexity index is 976. The van der Waals surface area contributed by atoms with Crippen molar-refractivity contribution in [3.8, 4) is 0 Å². The highest BCUT2D eigenvalue weighted by Crippen LogP contribution is 2.16. The molecule has 29 heavy (non-hydrogen) atoms. The van der Waals surface area contributed by atoms with Gasteiger partial charge in [-0.3, -0.25) is 14.8 Å². The van der Waals surface area contributed by atoms with Gasteiger partial charge in [-0.1, -0.05) is 24.3 Å². The molecule has 1 aliphatic heterocycles. The number of para-hydroxylation sites is 1. The van der Waals surface area contributed by atoms with Crippen molar-refractivity contribution in [1.29, 1.82) is 0 Å². The SMILES string of the molecule is CN=C(NCc1cccc2cccnc12)N1CCN(C(=O)c2ccco2)CC1.I. The second kappa shape index (κ2) is 9.73. The summed E-state index contributed by atoms with van der Waals surface area (Å²) in [6, 6.07) is 13.6. The summed E-state index contributed by atoms with van der Waals surface area (Å²) in [4.78, 5) is 25.3. The fourth-order valence-electron chi connectivity index (χ4n) is 3.49. The number of carbonyl (C=O) groups excluding carboxylic acids is 1. The number of piperazine rings is 1. The number of furan rings is 1. The summed E-state index contributed by atoms with van der Waals surface area (Å²) < 4.78 is 5.22. The van der Waals surface area contributed by atoms with E-state index in [4.69, 9.17) is 4.42 Å². The summed E-state index contributed by atoms with van der Waals surface area (Å²) in [5.41, 5.74) is 2.13. The van der Waals surface area contributed by atoms with Crippen LogP contribution in [0.2, 0.25) is 0 Å². The topological polar surface area (TPSA) is 74.0 Å². The van der Waals surface area contributed by atoms with E-state index in [1.165, 1.54) is 6.26 Å². The van der Waals surface area contributed by atoms with Gasteiger partial charge in [0.2, 0.25) is 0 Å². The molecule has 3 heterocycles. The molecule has 0 radical (unpaired) electrons. The zero-order valence-corrected chi connectivity index (χ0v) is 18.6. The molecule has 0 aliphatic carbocycles. The number of aliphatic imine (C=N–C) groups is 1. The van der Waals surface area contributed by atoms with Gasteiger partial charge in [-0.25, -0.2) is 0 Å². The summed E-state index contributed by atoms with van der Waals surface area (Å²) >= 11 is 0. The molecular formula is C21H24IN5O2. The second-order valence-corrected chi connectivity index (χ2v) is 6.65. The maximum Gasteiger partial charge on any atom is 0.289 e. The Balaban J connectivity index is 0.00000240. The maximum absolute atomic E-state index is 12.4. The number of carbonyl (C=O) groups is 1. The van der Waals surface area contributed by atoms with Crippen LogP contribution in [0.25, 0.3) is 10.9 Å². The fraction of sp³-hybridized carbons (Fsp3) is 0.286. The third-order valence-corrected chi connectivity index (χ3v) is 4.96. The first-order valence-corrected chi connectivity index (χ1v) is 9.37. The van der Waals surface area contributed by atoms with Crippen LogP contribution in [0.1, 0.15) is 16.1 Å². The number of nitrogens with one attached hydrogen (secondary N) is 1. The Morgan fingerprint density at radius 2 is 1.86 bits per heavy atom. The summed E-state index contributed by atoms with van der Waals surface area (Å²) in [7, 11) is 1.78. The molecule has 7 nitrogen and oxygen atoms in total. The van der Waals surface area contributed by atoms with Gasteiger partial charge in [0, 0.05) is 51.4 Å². The van der Waals surface area contributed by atoms with Gasteiger partial charge in [0.1, 0.15) is 0 Å². The van der Waals surface area contributed by atoms with E-state index in [0.29, 0.717) is 25.4 Å². The van der Waals surface area contributed by atoms with Crippen LogP contribution in [0.15, 0.2) is 64.3 Å². The number of benzene rings is 1. The van der Waals surface area contributed by atoms with E-state index in [9.17, 15) is 4.79 Å². The molecule has 1 fully saturated rings. The van der Waals surface area contributed by atoms with Crippen molar-refractivity contribution < 1.29 is 9.21 Å². The van der Waals surface area contributed by atoms with E-state index in [1.807, 2.05) is 23.2 Å². The number of pyridine rings is 1. The highest BCUT2D eigenvalue weighted by atomic mass is 127. The zero-order chi connectivity index (χ0) is 19.3. The van der Waals surface area contributed by atoms with Gasteiger partial charge in [0.15, 0.2) is 11.7 Å².